The molecular weight excluding hydrogens is 352 g/mol. The summed E-state index contributed by atoms with van der Waals surface area (Å²) in [6.07, 6.45) is 2.87. The van der Waals surface area contributed by atoms with Gasteiger partial charge >= 0.3 is 0 Å². The lowest BCUT2D eigenvalue weighted by molar-refractivity contribution is -0.117. The minimum absolute atomic E-state index is 0.414. The van der Waals surface area contributed by atoms with Crippen molar-refractivity contribution in [2.24, 2.45) is 5.92 Å². The molecule has 0 fully saturated rings. The van der Waals surface area contributed by atoms with Gasteiger partial charge in [-0.3, -0.25) is 20.4 Å². The highest BCUT2D eigenvalue weighted by Crippen LogP contribution is 2.16. The second-order valence-electron chi connectivity index (χ2n) is 6.03. The first-order valence-corrected chi connectivity index (χ1v) is 8.59. The third-order valence-electron chi connectivity index (χ3n) is 3.32. The fourth-order valence-electron chi connectivity index (χ4n) is 1.97. The van der Waals surface area contributed by atoms with Gasteiger partial charge in [-0.2, -0.15) is 0 Å². The standard InChI is InChI=1S/C20H21ClN2O3/c1-14(2)13-26-17-10-7-16(8-11-17)20(25)23-22-19(24)12-9-15-5-3-4-6-18(15)21/h3-12,14H,13H2,1-2H3,(H,22,24)(H,23,25)/b12-9+. The third-order valence-corrected chi connectivity index (χ3v) is 3.66. The van der Waals surface area contributed by atoms with Gasteiger partial charge in [-0.05, 0) is 47.9 Å². The van der Waals surface area contributed by atoms with Crippen molar-refractivity contribution in [1.82, 2.24) is 10.9 Å². The monoisotopic (exact) mass is 372 g/mol. The van der Waals surface area contributed by atoms with Crippen LogP contribution in [0.5, 0.6) is 5.75 Å². The number of halogens is 1. The maximum Gasteiger partial charge on any atom is 0.269 e. The van der Waals surface area contributed by atoms with Crippen molar-refractivity contribution in [1.29, 1.82) is 0 Å². The van der Waals surface area contributed by atoms with Crippen molar-refractivity contribution >= 4 is 29.5 Å². The van der Waals surface area contributed by atoms with Crippen molar-refractivity contribution in [3.05, 3.63) is 70.8 Å². The van der Waals surface area contributed by atoms with E-state index in [1.54, 1.807) is 48.5 Å². The van der Waals surface area contributed by atoms with E-state index in [1.165, 1.54) is 6.08 Å². The zero-order valence-corrected chi connectivity index (χ0v) is 15.4. The molecule has 136 valence electrons. The minimum atomic E-state index is -0.463. The molecule has 0 radical (unpaired) electrons. The highest BCUT2D eigenvalue weighted by Gasteiger charge is 2.07. The van der Waals surface area contributed by atoms with Crippen molar-refractivity contribution < 1.29 is 14.3 Å². The molecule has 0 aliphatic rings. The van der Waals surface area contributed by atoms with Gasteiger partial charge in [0.2, 0.25) is 0 Å². The Morgan fingerprint density at radius 3 is 2.42 bits per heavy atom. The van der Waals surface area contributed by atoms with Gasteiger partial charge in [0.15, 0.2) is 0 Å². The Labute approximate surface area is 158 Å². The van der Waals surface area contributed by atoms with Crippen LogP contribution in [0.2, 0.25) is 5.02 Å². The summed E-state index contributed by atoms with van der Waals surface area (Å²) in [4.78, 5) is 23.8. The molecule has 0 aromatic heterocycles. The number of hydrogen-bond acceptors (Lipinski definition) is 3. The zero-order chi connectivity index (χ0) is 18.9. The van der Waals surface area contributed by atoms with Gasteiger partial charge in [-0.1, -0.05) is 43.6 Å². The number of carbonyl (C=O) groups excluding carboxylic acids is 2. The fourth-order valence-corrected chi connectivity index (χ4v) is 2.17. The largest absolute Gasteiger partial charge is 0.493 e. The van der Waals surface area contributed by atoms with Crippen LogP contribution in [0.3, 0.4) is 0 Å². The Bertz CT molecular complexity index is 786. The maximum absolute atomic E-state index is 12.0. The molecule has 5 nitrogen and oxygen atoms in total. The summed E-state index contributed by atoms with van der Waals surface area (Å²) in [6, 6.07) is 13.8. The van der Waals surface area contributed by atoms with Crippen LogP contribution >= 0.6 is 11.6 Å². The van der Waals surface area contributed by atoms with Crippen LogP contribution in [0.4, 0.5) is 0 Å². The Kier molecular flexibility index (Phi) is 7.24. The quantitative estimate of drug-likeness (QED) is 0.597. The first-order chi connectivity index (χ1) is 12.5. The van der Waals surface area contributed by atoms with Gasteiger partial charge in [0, 0.05) is 16.7 Å². The molecule has 0 aliphatic carbocycles. The Morgan fingerprint density at radius 2 is 1.77 bits per heavy atom. The van der Waals surface area contributed by atoms with E-state index in [4.69, 9.17) is 16.3 Å². The number of ether oxygens (including phenoxy) is 1. The van der Waals surface area contributed by atoms with Crippen LogP contribution in [0.15, 0.2) is 54.6 Å². The summed E-state index contributed by atoms with van der Waals surface area (Å²) >= 11 is 6.00. The topological polar surface area (TPSA) is 67.4 Å². The summed E-state index contributed by atoms with van der Waals surface area (Å²) in [5, 5.41) is 0.542. The van der Waals surface area contributed by atoms with Gasteiger partial charge in [-0.15, -0.1) is 0 Å². The number of hydrazine groups is 1. The summed E-state index contributed by atoms with van der Waals surface area (Å²) in [6.45, 7) is 4.73. The van der Waals surface area contributed by atoms with Gasteiger partial charge in [0.1, 0.15) is 5.75 Å². The molecule has 0 saturated heterocycles. The molecule has 0 saturated carbocycles. The predicted octanol–water partition coefficient (Wildman–Crippen LogP) is 3.85. The number of hydrogen-bond donors (Lipinski definition) is 2. The van der Waals surface area contributed by atoms with Crippen LogP contribution in [0.1, 0.15) is 29.8 Å². The second-order valence-corrected chi connectivity index (χ2v) is 6.43. The fraction of sp³-hybridized carbons (Fsp3) is 0.200. The molecule has 6 heteroatoms. The SMILES string of the molecule is CC(C)COc1ccc(C(=O)NNC(=O)/C=C/c2ccccc2Cl)cc1. The maximum atomic E-state index is 12.0. The van der Waals surface area contributed by atoms with Crippen molar-refractivity contribution in [3.63, 3.8) is 0 Å². The average Bonchev–Trinajstić information content (AvgIpc) is 2.64. The lowest BCUT2D eigenvalue weighted by atomic mass is 10.2. The number of amides is 2. The van der Waals surface area contributed by atoms with Gasteiger partial charge in [0.25, 0.3) is 11.8 Å². The predicted molar refractivity (Wildman–Crippen MR) is 103 cm³/mol. The smallest absolute Gasteiger partial charge is 0.269 e. The molecule has 0 heterocycles. The molecule has 2 aromatic carbocycles. The van der Waals surface area contributed by atoms with Crippen molar-refractivity contribution in [3.8, 4) is 5.75 Å². The third kappa shape index (κ3) is 6.26. The van der Waals surface area contributed by atoms with E-state index >= 15 is 0 Å². The summed E-state index contributed by atoms with van der Waals surface area (Å²) in [5.41, 5.74) is 5.81. The number of nitrogens with one attached hydrogen (secondary N) is 2. The molecule has 0 spiro atoms. The van der Waals surface area contributed by atoms with Crippen LogP contribution in [-0.4, -0.2) is 18.4 Å². The number of benzene rings is 2. The molecule has 2 aromatic rings. The lowest BCUT2D eigenvalue weighted by Gasteiger charge is -2.09. The molecule has 2 N–H and O–H groups in total. The highest BCUT2D eigenvalue weighted by molar-refractivity contribution is 6.32. The number of carbonyl (C=O) groups is 2. The van der Waals surface area contributed by atoms with Crippen LogP contribution < -0.4 is 15.6 Å². The minimum Gasteiger partial charge on any atom is -0.493 e. The summed E-state index contributed by atoms with van der Waals surface area (Å²) in [7, 11) is 0. The van der Waals surface area contributed by atoms with Crippen LogP contribution in [-0.2, 0) is 4.79 Å². The van der Waals surface area contributed by atoms with Crippen molar-refractivity contribution in [2.75, 3.05) is 6.61 Å². The lowest BCUT2D eigenvalue weighted by Crippen LogP contribution is -2.40. The molecular formula is C20H21ClN2O3. The Hall–Kier alpha value is -2.79. The number of rotatable bonds is 6. The van der Waals surface area contributed by atoms with Crippen molar-refractivity contribution in [2.45, 2.75) is 13.8 Å². The van der Waals surface area contributed by atoms with E-state index in [1.807, 2.05) is 6.07 Å². The van der Waals surface area contributed by atoms with E-state index in [2.05, 4.69) is 24.7 Å². The van der Waals surface area contributed by atoms with E-state index in [-0.39, 0.29) is 0 Å². The van der Waals surface area contributed by atoms with Crippen LogP contribution in [0, 0.1) is 5.92 Å². The molecule has 0 unspecified atom stereocenters. The Balaban J connectivity index is 1.84. The molecule has 2 rings (SSSR count). The zero-order valence-electron chi connectivity index (χ0n) is 14.7. The molecule has 2 amide bonds. The second kappa shape index (κ2) is 9.63. The van der Waals surface area contributed by atoms with E-state index in [0.717, 1.165) is 0 Å². The first kappa shape index (κ1) is 19.5. The van der Waals surface area contributed by atoms with Gasteiger partial charge < -0.3 is 4.74 Å². The molecule has 0 bridgehead atoms. The first-order valence-electron chi connectivity index (χ1n) is 8.21. The highest BCUT2D eigenvalue weighted by atomic mass is 35.5. The molecule has 26 heavy (non-hydrogen) atoms. The average molecular weight is 373 g/mol. The summed E-state index contributed by atoms with van der Waals surface area (Å²) < 4.78 is 5.56. The van der Waals surface area contributed by atoms with Gasteiger partial charge in [-0.25, -0.2) is 0 Å². The van der Waals surface area contributed by atoms with E-state index in [9.17, 15) is 9.59 Å². The molecule has 0 aliphatic heterocycles. The molecule has 0 atom stereocenters. The van der Waals surface area contributed by atoms with E-state index in [0.29, 0.717) is 34.4 Å². The summed E-state index contributed by atoms with van der Waals surface area (Å²) in [5.74, 6) is 0.240. The normalized spacial score (nSPS) is 10.8. The van der Waals surface area contributed by atoms with Crippen LogP contribution in [0.25, 0.3) is 6.08 Å². The van der Waals surface area contributed by atoms with E-state index < -0.39 is 11.8 Å². The van der Waals surface area contributed by atoms with Gasteiger partial charge in [0.05, 0.1) is 6.61 Å². The Morgan fingerprint density at radius 1 is 1.08 bits per heavy atom.